The van der Waals surface area contributed by atoms with E-state index in [1.807, 2.05) is 121 Å². The van der Waals surface area contributed by atoms with Gasteiger partial charge >= 0.3 is 0 Å². The Morgan fingerprint density at radius 3 is 0.786 bits per heavy atom. The minimum absolute atomic E-state index is 0.0199. The Balaban J connectivity index is 1.09. The molecule has 0 saturated carbocycles. The lowest BCUT2D eigenvalue weighted by atomic mass is 9.89. The molecule has 9 rings (SSSR count). The number of hydrogen-bond donors (Lipinski definition) is 0. The summed E-state index contributed by atoms with van der Waals surface area (Å²) < 4.78 is 4.43. The Labute approximate surface area is 322 Å². The van der Waals surface area contributed by atoms with Gasteiger partial charge in [0.15, 0.2) is 0 Å². The van der Waals surface area contributed by atoms with E-state index in [0.717, 1.165) is 55.0 Å². The zero-order valence-corrected chi connectivity index (χ0v) is 29.8. The predicted molar refractivity (Wildman–Crippen MR) is 222 cm³/mol. The maximum Gasteiger partial charge on any atom is 0.138 e. The number of benzene rings is 7. The van der Waals surface area contributed by atoms with E-state index in [1.54, 1.807) is 0 Å². The molecule has 2 aromatic heterocycles. The Hall–Kier alpha value is -8.42. The van der Waals surface area contributed by atoms with Crippen molar-refractivity contribution in [3.63, 3.8) is 0 Å². The van der Waals surface area contributed by atoms with Crippen molar-refractivity contribution in [1.29, 1.82) is 21.0 Å². The minimum atomic E-state index is -0.0199. The maximum atomic E-state index is 10.1. The predicted octanol–water partition coefficient (Wildman–Crippen LogP) is 11.6. The lowest BCUT2D eigenvalue weighted by Gasteiger charge is -2.14. The average molecular weight is 713 g/mol. The van der Waals surface area contributed by atoms with Gasteiger partial charge in [-0.1, -0.05) is 121 Å². The van der Waals surface area contributed by atoms with Crippen molar-refractivity contribution in [3.05, 3.63) is 203 Å². The lowest BCUT2D eigenvalue weighted by molar-refractivity contribution is 1.18. The van der Waals surface area contributed by atoms with Crippen LogP contribution in [0.1, 0.15) is 22.3 Å². The molecular weight excluding hydrogens is 685 g/mol. The standard InChI is InChI=1S/C50H28N6/c51-29-37(30-52)49(35-21-25-39(26-22-35)55-45-13-5-1-9-41(45)42-10-2-6-14-46(42)55)33-17-19-34(20-18-33)50(38(31-53)32-54)36-23-27-40(28-24-36)56-47-15-7-3-11-43(47)44-12-4-8-16-48(44)56/h1-28H. The van der Waals surface area contributed by atoms with Gasteiger partial charge in [0.05, 0.1) is 22.1 Å². The van der Waals surface area contributed by atoms with E-state index >= 15 is 0 Å². The number of para-hydroxylation sites is 4. The van der Waals surface area contributed by atoms with Gasteiger partial charge in [0.1, 0.15) is 35.4 Å². The van der Waals surface area contributed by atoms with Crippen molar-refractivity contribution in [2.24, 2.45) is 0 Å². The molecule has 0 radical (unpaired) electrons. The second-order valence-corrected chi connectivity index (χ2v) is 13.4. The molecule has 9 aromatic rings. The summed E-state index contributed by atoms with van der Waals surface area (Å²) in [7, 11) is 0. The number of nitrogens with zero attached hydrogens (tertiary/aromatic N) is 6. The summed E-state index contributed by atoms with van der Waals surface area (Å²) in [6.07, 6.45) is 0. The molecule has 0 unspecified atom stereocenters. The highest BCUT2D eigenvalue weighted by Crippen LogP contribution is 2.36. The van der Waals surface area contributed by atoms with Crippen molar-refractivity contribution >= 4 is 54.8 Å². The molecule has 258 valence electrons. The minimum Gasteiger partial charge on any atom is -0.309 e. The zero-order valence-electron chi connectivity index (χ0n) is 29.8. The van der Waals surface area contributed by atoms with Crippen LogP contribution in [0, 0.1) is 45.3 Å². The first-order valence-corrected chi connectivity index (χ1v) is 18.0. The van der Waals surface area contributed by atoms with Gasteiger partial charge in [-0.2, -0.15) is 21.0 Å². The first-order chi connectivity index (χ1) is 27.6. The van der Waals surface area contributed by atoms with Crippen LogP contribution in [0.5, 0.6) is 0 Å². The topological polar surface area (TPSA) is 105 Å². The van der Waals surface area contributed by atoms with Gasteiger partial charge in [0, 0.05) is 44.1 Å². The fourth-order valence-corrected chi connectivity index (χ4v) is 7.94. The molecule has 56 heavy (non-hydrogen) atoms. The van der Waals surface area contributed by atoms with Crippen LogP contribution >= 0.6 is 0 Å². The van der Waals surface area contributed by atoms with E-state index in [-0.39, 0.29) is 11.1 Å². The molecule has 0 aliphatic heterocycles. The van der Waals surface area contributed by atoms with Gasteiger partial charge in [-0.05, 0) is 70.8 Å². The molecule has 6 nitrogen and oxygen atoms in total. The summed E-state index contributed by atoms with van der Waals surface area (Å²) in [5, 5.41) is 45.0. The van der Waals surface area contributed by atoms with E-state index in [2.05, 4.69) is 81.9 Å². The highest BCUT2D eigenvalue weighted by Gasteiger charge is 2.18. The molecule has 0 saturated heterocycles. The van der Waals surface area contributed by atoms with Crippen LogP contribution in [0.3, 0.4) is 0 Å². The fourth-order valence-electron chi connectivity index (χ4n) is 7.94. The SMILES string of the molecule is N#CC(C#N)=C(c1ccc(C(=C(C#N)C#N)c2ccc(-n3c4ccccc4c4ccccc43)cc2)cc1)c1ccc(-n2c3ccccc3c3ccccc32)cc1. The van der Waals surface area contributed by atoms with Gasteiger partial charge < -0.3 is 9.13 Å². The summed E-state index contributed by atoms with van der Waals surface area (Å²) >= 11 is 0. The van der Waals surface area contributed by atoms with Crippen molar-refractivity contribution in [1.82, 2.24) is 9.13 Å². The van der Waals surface area contributed by atoms with Gasteiger partial charge in [0.2, 0.25) is 0 Å². The van der Waals surface area contributed by atoms with Crippen LogP contribution in [0.25, 0.3) is 66.1 Å². The molecule has 0 amide bonds. The Morgan fingerprint density at radius 1 is 0.304 bits per heavy atom. The van der Waals surface area contributed by atoms with Crippen molar-refractivity contribution in [2.45, 2.75) is 0 Å². The number of rotatable bonds is 6. The van der Waals surface area contributed by atoms with Gasteiger partial charge in [-0.3, -0.25) is 0 Å². The highest BCUT2D eigenvalue weighted by atomic mass is 15.0. The molecular formula is C50H28N6. The van der Waals surface area contributed by atoms with E-state index in [0.29, 0.717) is 33.4 Å². The number of allylic oxidation sites excluding steroid dienone is 2. The van der Waals surface area contributed by atoms with Crippen LogP contribution < -0.4 is 0 Å². The molecule has 0 aliphatic rings. The molecule has 0 bridgehead atoms. The monoisotopic (exact) mass is 712 g/mol. The first-order valence-electron chi connectivity index (χ1n) is 18.0. The molecule has 0 spiro atoms. The molecule has 0 N–H and O–H groups in total. The molecule has 0 fully saturated rings. The van der Waals surface area contributed by atoms with Gasteiger partial charge in [-0.15, -0.1) is 0 Å². The highest BCUT2D eigenvalue weighted by molar-refractivity contribution is 6.10. The fraction of sp³-hybridized carbons (Fsp3) is 0. The third-order valence-electron chi connectivity index (χ3n) is 10.4. The third kappa shape index (κ3) is 5.39. The summed E-state index contributed by atoms with van der Waals surface area (Å²) in [6, 6.07) is 64.7. The molecule has 2 heterocycles. The second kappa shape index (κ2) is 13.9. The smallest absolute Gasteiger partial charge is 0.138 e. The number of fused-ring (bicyclic) bond motifs is 6. The first kappa shape index (κ1) is 33.4. The normalized spacial score (nSPS) is 10.8. The number of aromatic nitrogens is 2. The average Bonchev–Trinajstić information content (AvgIpc) is 3.78. The summed E-state index contributed by atoms with van der Waals surface area (Å²) in [5.41, 5.74) is 9.95. The van der Waals surface area contributed by atoms with Crippen molar-refractivity contribution in [2.75, 3.05) is 0 Å². The van der Waals surface area contributed by atoms with E-state index in [9.17, 15) is 21.0 Å². The summed E-state index contributed by atoms with van der Waals surface area (Å²) in [5.74, 6) is 0. The van der Waals surface area contributed by atoms with E-state index in [1.165, 1.54) is 0 Å². The third-order valence-corrected chi connectivity index (χ3v) is 10.4. The van der Waals surface area contributed by atoms with E-state index in [4.69, 9.17) is 0 Å². The van der Waals surface area contributed by atoms with Crippen LogP contribution in [-0.2, 0) is 0 Å². The zero-order chi connectivity index (χ0) is 38.2. The van der Waals surface area contributed by atoms with Crippen LogP contribution in [-0.4, -0.2) is 9.13 Å². The van der Waals surface area contributed by atoms with Crippen molar-refractivity contribution < 1.29 is 0 Å². The van der Waals surface area contributed by atoms with Gasteiger partial charge in [-0.25, -0.2) is 0 Å². The van der Waals surface area contributed by atoms with Crippen LogP contribution in [0.15, 0.2) is 181 Å². The second-order valence-electron chi connectivity index (χ2n) is 13.4. The largest absolute Gasteiger partial charge is 0.309 e. The Kier molecular flexibility index (Phi) is 8.27. The van der Waals surface area contributed by atoms with E-state index < -0.39 is 0 Å². The van der Waals surface area contributed by atoms with Gasteiger partial charge in [0.25, 0.3) is 0 Å². The van der Waals surface area contributed by atoms with Crippen LogP contribution in [0.4, 0.5) is 0 Å². The number of hydrogen-bond acceptors (Lipinski definition) is 4. The summed E-state index contributed by atoms with van der Waals surface area (Å²) in [4.78, 5) is 0. The quantitative estimate of drug-likeness (QED) is 0.160. The molecule has 7 aromatic carbocycles. The van der Waals surface area contributed by atoms with Crippen LogP contribution in [0.2, 0.25) is 0 Å². The van der Waals surface area contributed by atoms with Crippen molar-refractivity contribution in [3.8, 4) is 35.7 Å². The molecule has 6 heteroatoms. The number of nitriles is 4. The lowest BCUT2D eigenvalue weighted by Crippen LogP contribution is -1.98. The summed E-state index contributed by atoms with van der Waals surface area (Å²) in [6.45, 7) is 0. The molecule has 0 atom stereocenters. The maximum absolute atomic E-state index is 10.1. The Bertz CT molecular complexity index is 2890. The molecule has 0 aliphatic carbocycles. The Morgan fingerprint density at radius 2 is 0.536 bits per heavy atom.